The SMILES string of the molecule is CC1(COc2ccc(F)cc2)CC(=O)c2c(O)cc(N3CCOCC3)cc2O1. The van der Waals surface area contributed by atoms with Crippen LogP contribution in [0.2, 0.25) is 0 Å². The molecule has 4 rings (SSSR count). The number of halogens is 1. The van der Waals surface area contributed by atoms with Gasteiger partial charge in [0.05, 0.1) is 19.6 Å². The number of ketones is 1. The average Bonchev–Trinajstić information content (AvgIpc) is 2.67. The van der Waals surface area contributed by atoms with Crippen molar-refractivity contribution in [2.45, 2.75) is 18.9 Å². The Morgan fingerprint density at radius 2 is 1.93 bits per heavy atom. The lowest BCUT2D eigenvalue weighted by atomic mass is 9.91. The number of hydrogen-bond donors (Lipinski definition) is 1. The first kappa shape index (κ1) is 18.6. The number of fused-ring (bicyclic) bond motifs is 1. The minimum absolute atomic E-state index is 0.0751. The Bertz CT molecular complexity index is 879. The highest BCUT2D eigenvalue weighted by Gasteiger charge is 2.39. The van der Waals surface area contributed by atoms with E-state index in [4.69, 9.17) is 14.2 Å². The molecule has 2 aliphatic rings. The van der Waals surface area contributed by atoms with Crippen molar-refractivity contribution in [1.29, 1.82) is 0 Å². The first-order chi connectivity index (χ1) is 13.4. The number of carbonyl (C=O) groups is 1. The zero-order valence-corrected chi connectivity index (χ0v) is 15.6. The summed E-state index contributed by atoms with van der Waals surface area (Å²) in [5.74, 6) is 0.225. The molecule has 6 nitrogen and oxygen atoms in total. The summed E-state index contributed by atoms with van der Waals surface area (Å²) in [4.78, 5) is 14.8. The normalized spacial score (nSPS) is 21.8. The van der Waals surface area contributed by atoms with Gasteiger partial charge in [-0.1, -0.05) is 0 Å². The van der Waals surface area contributed by atoms with Crippen molar-refractivity contribution in [3.8, 4) is 17.2 Å². The topological polar surface area (TPSA) is 68.2 Å². The number of phenolic OH excluding ortho intramolecular Hbond substituents is 1. The highest BCUT2D eigenvalue weighted by molar-refractivity contribution is 6.03. The fourth-order valence-electron chi connectivity index (χ4n) is 3.53. The summed E-state index contributed by atoms with van der Waals surface area (Å²) in [6.07, 6.45) is 0.0751. The molecule has 7 heteroatoms. The molecule has 2 aromatic carbocycles. The molecule has 0 saturated carbocycles. The molecule has 0 bridgehead atoms. The number of carbonyl (C=O) groups excluding carboxylic acids is 1. The lowest BCUT2D eigenvalue weighted by Gasteiger charge is -2.36. The molecular weight excluding hydrogens is 365 g/mol. The van der Waals surface area contributed by atoms with Crippen LogP contribution < -0.4 is 14.4 Å². The number of rotatable bonds is 4. The molecule has 2 aliphatic heterocycles. The molecule has 148 valence electrons. The van der Waals surface area contributed by atoms with Gasteiger partial charge in [-0.15, -0.1) is 0 Å². The second-order valence-corrected chi connectivity index (χ2v) is 7.33. The van der Waals surface area contributed by atoms with Gasteiger partial charge in [0, 0.05) is 30.9 Å². The number of hydrogen-bond acceptors (Lipinski definition) is 6. The monoisotopic (exact) mass is 387 g/mol. The molecule has 0 spiro atoms. The zero-order valence-electron chi connectivity index (χ0n) is 15.6. The molecular formula is C21H22FNO5. The molecule has 1 fully saturated rings. The Morgan fingerprint density at radius 3 is 2.64 bits per heavy atom. The van der Waals surface area contributed by atoms with E-state index in [9.17, 15) is 14.3 Å². The van der Waals surface area contributed by atoms with Crippen LogP contribution in [0.5, 0.6) is 17.2 Å². The second kappa shape index (κ2) is 7.31. The molecule has 1 atom stereocenters. The zero-order chi connectivity index (χ0) is 19.7. The number of phenols is 1. The number of Topliss-reactive ketones (excluding diaryl/α,β-unsaturated/α-hetero) is 1. The standard InChI is InChI=1S/C21H22FNO5/c1-21(13-27-16-4-2-14(22)3-5-16)12-18(25)20-17(24)10-15(11-19(20)28-21)23-6-8-26-9-7-23/h2-5,10-11,24H,6-9,12-13H2,1H3. The third-order valence-electron chi connectivity index (χ3n) is 4.97. The van der Waals surface area contributed by atoms with Crippen LogP contribution in [0.3, 0.4) is 0 Å². The van der Waals surface area contributed by atoms with Gasteiger partial charge in [0.15, 0.2) is 5.78 Å². The van der Waals surface area contributed by atoms with Crippen molar-refractivity contribution in [3.05, 3.63) is 47.8 Å². The first-order valence-corrected chi connectivity index (χ1v) is 9.24. The van der Waals surface area contributed by atoms with Crippen molar-refractivity contribution >= 4 is 11.5 Å². The van der Waals surface area contributed by atoms with E-state index in [1.165, 1.54) is 24.3 Å². The van der Waals surface area contributed by atoms with Gasteiger partial charge < -0.3 is 24.2 Å². The van der Waals surface area contributed by atoms with E-state index in [0.717, 1.165) is 5.69 Å². The highest BCUT2D eigenvalue weighted by Crippen LogP contribution is 2.41. The van der Waals surface area contributed by atoms with Crippen LogP contribution in [-0.4, -0.2) is 49.4 Å². The van der Waals surface area contributed by atoms with Gasteiger partial charge in [0.2, 0.25) is 0 Å². The van der Waals surface area contributed by atoms with E-state index >= 15 is 0 Å². The van der Waals surface area contributed by atoms with Crippen LogP contribution in [0.4, 0.5) is 10.1 Å². The summed E-state index contributed by atoms with van der Waals surface area (Å²) >= 11 is 0. The molecule has 1 unspecified atom stereocenters. The quantitative estimate of drug-likeness (QED) is 0.869. The minimum Gasteiger partial charge on any atom is -0.507 e. The molecule has 2 heterocycles. The smallest absolute Gasteiger partial charge is 0.174 e. The van der Waals surface area contributed by atoms with Crippen LogP contribution in [0, 0.1) is 5.82 Å². The molecule has 0 radical (unpaired) electrons. The Kier molecular flexibility index (Phi) is 4.85. The van der Waals surface area contributed by atoms with Crippen molar-refractivity contribution in [1.82, 2.24) is 0 Å². The third-order valence-corrected chi connectivity index (χ3v) is 4.97. The maximum Gasteiger partial charge on any atom is 0.174 e. The van der Waals surface area contributed by atoms with E-state index in [-0.39, 0.29) is 35.9 Å². The molecule has 0 amide bonds. The Hall–Kier alpha value is -2.80. The third kappa shape index (κ3) is 3.75. The number of benzene rings is 2. The first-order valence-electron chi connectivity index (χ1n) is 9.24. The van der Waals surface area contributed by atoms with E-state index < -0.39 is 5.60 Å². The summed E-state index contributed by atoms with van der Waals surface area (Å²) in [5.41, 5.74) is 0.0986. The summed E-state index contributed by atoms with van der Waals surface area (Å²) in [7, 11) is 0. The number of anilines is 1. The second-order valence-electron chi connectivity index (χ2n) is 7.33. The lowest BCUT2D eigenvalue weighted by molar-refractivity contribution is 0.0186. The Balaban J connectivity index is 1.56. The predicted octanol–water partition coefficient (Wildman–Crippen LogP) is 3.17. The molecule has 0 aromatic heterocycles. The molecule has 1 saturated heterocycles. The maximum atomic E-state index is 13.0. The fourth-order valence-corrected chi connectivity index (χ4v) is 3.53. The van der Waals surface area contributed by atoms with Gasteiger partial charge in [-0.05, 0) is 31.2 Å². The van der Waals surface area contributed by atoms with E-state index in [1.54, 1.807) is 19.1 Å². The van der Waals surface area contributed by atoms with Gasteiger partial charge in [0.25, 0.3) is 0 Å². The van der Waals surface area contributed by atoms with Crippen LogP contribution >= 0.6 is 0 Å². The van der Waals surface area contributed by atoms with Gasteiger partial charge in [-0.2, -0.15) is 0 Å². The maximum absolute atomic E-state index is 13.0. The van der Waals surface area contributed by atoms with Crippen molar-refractivity contribution in [3.63, 3.8) is 0 Å². The average molecular weight is 387 g/mol. The largest absolute Gasteiger partial charge is 0.507 e. The van der Waals surface area contributed by atoms with Crippen molar-refractivity contribution in [2.75, 3.05) is 37.8 Å². The summed E-state index contributed by atoms with van der Waals surface area (Å²) in [6, 6.07) is 9.06. The van der Waals surface area contributed by atoms with Gasteiger partial charge in [-0.25, -0.2) is 4.39 Å². The Labute approximate surface area is 162 Å². The highest BCUT2D eigenvalue weighted by atomic mass is 19.1. The van der Waals surface area contributed by atoms with Crippen molar-refractivity contribution in [2.24, 2.45) is 0 Å². The number of ether oxygens (including phenoxy) is 3. The number of morpholine rings is 1. The van der Waals surface area contributed by atoms with Crippen molar-refractivity contribution < 1.29 is 28.5 Å². The van der Waals surface area contributed by atoms with Crippen LogP contribution in [0.1, 0.15) is 23.7 Å². The van der Waals surface area contributed by atoms with E-state index in [1.807, 2.05) is 0 Å². The summed E-state index contributed by atoms with van der Waals surface area (Å²) < 4.78 is 30.2. The summed E-state index contributed by atoms with van der Waals surface area (Å²) in [5, 5.41) is 10.4. The van der Waals surface area contributed by atoms with Gasteiger partial charge in [-0.3, -0.25) is 4.79 Å². The van der Waals surface area contributed by atoms with E-state index in [2.05, 4.69) is 4.90 Å². The number of nitrogens with zero attached hydrogens (tertiary/aromatic N) is 1. The molecule has 2 aromatic rings. The molecule has 0 aliphatic carbocycles. The predicted molar refractivity (Wildman–Crippen MR) is 101 cm³/mol. The minimum atomic E-state index is -0.894. The lowest BCUT2D eigenvalue weighted by Crippen LogP contribution is -2.44. The van der Waals surface area contributed by atoms with Gasteiger partial charge >= 0.3 is 0 Å². The molecule has 1 N–H and O–H groups in total. The summed E-state index contributed by atoms with van der Waals surface area (Å²) in [6.45, 7) is 4.54. The van der Waals surface area contributed by atoms with Crippen LogP contribution in [-0.2, 0) is 4.74 Å². The van der Waals surface area contributed by atoms with E-state index in [0.29, 0.717) is 37.8 Å². The van der Waals surface area contributed by atoms with Crippen LogP contribution in [0.15, 0.2) is 36.4 Å². The fraction of sp³-hybridized carbons (Fsp3) is 0.381. The number of aromatic hydroxyl groups is 1. The van der Waals surface area contributed by atoms with Crippen LogP contribution in [0.25, 0.3) is 0 Å². The Morgan fingerprint density at radius 1 is 1.21 bits per heavy atom. The molecule has 28 heavy (non-hydrogen) atoms. The van der Waals surface area contributed by atoms with Gasteiger partial charge in [0.1, 0.15) is 40.8 Å².